The van der Waals surface area contributed by atoms with Crippen molar-refractivity contribution in [3.8, 4) is 0 Å². The van der Waals surface area contributed by atoms with E-state index in [9.17, 15) is 9.18 Å². The summed E-state index contributed by atoms with van der Waals surface area (Å²) in [7, 11) is 1.78. The number of hydrogen-bond acceptors (Lipinski definition) is 4. The lowest BCUT2D eigenvalue weighted by Gasteiger charge is -2.38. The van der Waals surface area contributed by atoms with E-state index in [1.54, 1.807) is 24.1 Å². The van der Waals surface area contributed by atoms with Crippen molar-refractivity contribution in [3.63, 3.8) is 0 Å². The summed E-state index contributed by atoms with van der Waals surface area (Å²) in [4.78, 5) is 16.2. The Hall–Kier alpha value is -1.50. The SMILES string of the molecule is C[C@H]1COC2(CCN(CC(=O)N(C)Cc3ccc(F)cc3)CC2)O1. The van der Waals surface area contributed by atoms with Crippen molar-refractivity contribution in [1.82, 2.24) is 9.80 Å². The molecule has 2 heterocycles. The molecule has 2 fully saturated rings. The Balaban J connectivity index is 1.46. The van der Waals surface area contributed by atoms with Crippen molar-refractivity contribution in [1.29, 1.82) is 0 Å². The zero-order chi connectivity index (χ0) is 17.2. The Morgan fingerprint density at radius 3 is 2.58 bits per heavy atom. The van der Waals surface area contributed by atoms with Gasteiger partial charge in [-0.2, -0.15) is 0 Å². The normalized spacial score (nSPS) is 23.5. The first-order valence-corrected chi connectivity index (χ1v) is 8.48. The van der Waals surface area contributed by atoms with Crippen LogP contribution in [0.4, 0.5) is 4.39 Å². The second-order valence-electron chi connectivity index (χ2n) is 6.80. The van der Waals surface area contributed by atoms with E-state index in [0.717, 1.165) is 31.5 Å². The molecule has 0 radical (unpaired) electrons. The number of benzene rings is 1. The van der Waals surface area contributed by atoms with Crippen molar-refractivity contribution in [3.05, 3.63) is 35.6 Å². The maximum absolute atomic E-state index is 12.9. The Kier molecular flexibility index (Phi) is 5.18. The third-order valence-electron chi connectivity index (χ3n) is 4.73. The molecule has 0 aromatic heterocycles. The molecule has 1 aromatic carbocycles. The minimum Gasteiger partial charge on any atom is -0.347 e. The number of carbonyl (C=O) groups excluding carboxylic acids is 1. The van der Waals surface area contributed by atoms with Gasteiger partial charge < -0.3 is 14.4 Å². The number of amides is 1. The van der Waals surface area contributed by atoms with Crippen LogP contribution in [0.1, 0.15) is 25.3 Å². The Morgan fingerprint density at radius 2 is 2.00 bits per heavy atom. The van der Waals surface area contributed by atoms with Crippen LogP contribution < -0.4 is 0 Å². The summed E-state index contributed by atoms with van der Waals surface area (Å²) in [5.74, 6) is -0.628. The van der Waals surface area contributed by atoms with Gasteiger partial charge in [-0.05, 0) is 24.6 Å². The van der Waals surface area contributed by atoms with Crippen LogP contribution in [-0.2, 0) is 20.8 Å². The molecule has 0 aliphatic carbocycles. The lowest BCUT2D eigenvalue weighted by Crippen LogP contribution is -2.48. The molecule has 132 valence electrons. The van der Waals surface area contributed by atoms with Crippen molar-refractivity contribution < 1.29 is 18.7 Å². The molecule has 1 spiro atoms. The van der Waals surface area contributed by atoms with Crippen LogP contribution in [0.25, 0.3) is 0 Å². The number of rotatable bonds is 4. The molecule has 3 rings (SSSR count). The molecule has 5 nitrogen and oxygen atoms in total. The number of piperidine rings is 1. The first-order chi connectivity index (χ1) is 11.5. The zero-order valence-electron chi connectivity index (χ0n) is 14.3. The lowest BCUT2D eigenvalue weighted by atomic mass is 10.0. The molecule has 0 N–H and O–H groups in total. The predicted octanol–water partition coefficient (Wildman–Crippen LogP) is 2.01. The van der Waals surface area contributed by atoms with Crippen LogP contribution in [0.3, 0.4) is 0 Å². The van der Waals surface area contributed by atoms with E-state index in [2.05, 4.69) is 4.90 Å². The van der Waals surface area contributed by atoms with Crippen LogP contribution in [0.5, 0.6) is 0 Å². The lowest BCUT2D eigenvalue weighted by molar-refractivity contribution is -0.194. The van der Waals surface area contributed by atoms with E-state index in [0.29, 0.717) is 19.7 Å². The highest BCUT2D eigenvalue weighted by Crippen LogP contribution is 2.33. The largest absolute Gasteiger partial charge is 0.347 e. The van der Waals surface area contributed by atoms with Gasteiger partial charge in [-0.25, -0.2) is 4.39 Å². The maximum Gasteiger partial charge on any atom is 0.236 e. The predicted molar refractivity (Wildman–Crippen MR) is 87.8 cm³/mol. The van der Waals surface area contributed by atoms with Gasteiger partial charge in [-0.1, -0.05) is 12.1 Å². The molecule has 2 saturated heterocycles. The summed E-state index contributed by atoms with van der Waals surface area (Å²) in [6, 6.07) is 6.25. The van der Waals surface area contributed by atoms with Gasteiger partial charge in [0.15, 0.2) is 5.79 Å². The summed E-state index contributed by atoms with van der Waals surface area (Å²) >= 11 is 0. The van der Waals surface area contributed by atoms with Gasteiger partial charge >= 0.3 is 0 Å². The van der Waals surface area contributed by atoms with Crippen molar-refractivity contribution >= 4 is 5.91 Å². The van der Waals surface area contributed by atoms with Gasteiger partial charge in [0, 0.05) is 39.5 Å². The van der Waals surface area contributed by atoms with E-state index >= 15 is 0 Å². The molecule has 2 aliphatic rings. The fraction of sp³-hybridized carbons (Fsp3) is 0.611. The summed E-state index contributed by atoms with van der Waals surface area (Å²) in [6.45, 7) is 5.14. The highest BCUT2D eigenvalue weighted by atomic mass is 19.1. The minimum absolute atomic E-state index is 0.0666. The Bertz CT molecular complexity index is 570. The molecule has 2 aliphatic heterocycles. The molecule has 1 aromatic rings. The molecule has 1 atom stereocenters. The minimum atomic E-state index is -0.432. The molecular formula is C18H25FN2O3. The van der Waals surface area contributed by atoms with Crippen LogP contribution in [0.15, 0.2) is 24.3 Å². The number of halogens is 1. The van der Waals surface area contributed by atoms with Crippen LogP contribution in [-0.4, -0.2) is 60.9 Å². The highest BCUT2D eigenvalue weighted by Gasteiger charge is 2.42. The third-order valence-corrected chi connectivity index (χ3v) is 4.73. The highest BCUT2D eigenvalue weighted by molar-refractivity contribution is 5.78. The molecule has 1 amide bonds. The topological polar surface area (TPSA) is 42.0 Å². The fourth-order valence-electron chi connectivity index (χ4n) is 3.28. The van der Waals surface area contributed by atoms with Crippen molar-refractivity contribution in [2.75, 3.05) is 33.3 Å². The van der Waals surface area contributed by atoms with Gasteiger partial charge in [0.1, 0.15) is 5.82 Å². The fourth-order valence-corrected chi connectivity index (χ4v) is 3.28. The van der Waals surface area contributed by atoms with E-state index in [4.69, 9.17) is 9.47 Å². The van der Waals surface area contributed by atoms with Gasteiger partial charge in [0.25, 0.3) is 0 Å². The number of carbonyl (C=O) groups is 1. The number of likely N-dealkylation sites (N-methyl/N-ethyl adjacent to an activating group) is 1. The first kappa shape index (κ1) is 17.3. The average Bonchev–Trinajstić information content (AvgIpc) is 2.92. The van der Waals surface area contributed by atoms with Crippen LogP contribution >= 0.6 is 0 Å². The molecule has 0 saturated carbocycles. The van der Waals surface area contributed by atoms with Gasteiger partial charge in [0.05, 0.1) is 19.3 Å². The summed E-state index contributed by atoms with van der Waals surface area (Å²) in [6.07, 6.45) is 1.75. The van der Waals surface area contributed by atoms with Gasteiger partial charge in [-0.3, -0.25) is 9.69 Å². The number of hydrogen-bond donors (Lipinski definition) is 0. The third kappa shape index (κ3) is 4.12. The number of ether oxygens (including phenoxy) is 2. The quantitative estimate of drug-likeness (QED) is 0.844. The van der Waals surface area contributed by atoms with Crippen molar-refractivity contribution in [2.24, 2.45) is 0 Å². The smallest absolute Gasteiger partial charge is 0.236 e. The van der Waals surface area contributed by atoms with Crippen LogP contribution in [0.2, 0.25) is 0 Å². The summed E-state index contributed by atoms with van der Waals surface area (Å²) in [5.41, 5.74) is 0.923. The maximum atomic E-state index is 12.9. The average molecular weight is 336 g/mol. The van der Waals surface area contributed by atoms with Crippen LogP contribution in [0, 0.1) is 5.82 Å². The van der Waals surface area contributed by atoms with E-state index < -0.39 is 5.79 Å². The van der Waals surface area contributed by atoms with E-state index in [1.165, 1.54) is 12.1 Å². The molecule has 0 unspecified atom stereocenters. The second kappa shape index (κ2) is 7.17. The Morgan fingerprint density at radius 1 is 1.33 bits per heavy atom. The monoisotopic (exact) mass is 336 g/mol. The Labute approximate surface area is 142 Å². The van der Waals surface area contributed by atoms with Gasteiger partial charge in [-0.15, -0.1) is 0 Å². The number of likely N-dealkylation sites (tertiary alicyclic amines) is 1. The summed E-state index contributed by atoms with van der Waals surface area (Å²) < 4.78 is 24.6. The van der Waals surface area contributed by atoms with E-state index in [1.807, 2.05) is 6.92 Å². The number of nitrogens with zero attached hydrogens (tertiary/aromatic N) is 2. The molecular weight excluding hydrogens is 311 g/mol. The van der Waals surface area contributed by atoms with Gasteiger partial charge in [0.2, 0.25) is 5.91 Å². The summed E-state index contributed by atoms with van der Waals surface area (Å²) in [5, 5.41) is 0. The molecule has 0 bridgehead atoms. The molecule has 6 heteroatoms. The second-order valence-corrected chi connectivity index (χ2v) is 6.80. The van der Waals surface area contributed by atoms with E-state index in [-0.39, 0.29) is 17.8 Å². The zero-order valence-corrected chi connectivity index (χ0v) is 14.3. The van der Waals surface area contributed by atoms with Crippen molar-refractivity contribution in [2.45, 2.75) is 38.2 Å². The first-order valence-electron chi connectivity index (χ1n) is 8.48. The standard InChI is InChI=1S/C18H25FN2O3/c1-14-13-23-18(24-14)7-9-21(10-8-18)12-17(22)20(2)11-15-3-5-16(19)6-4-15/h3-6,14H,7-13H2,1-2H3/t14-/m0/s1. The molecule has 24 heavy (non-hydrogen) atoms.